The van der Waals surface area contributed by atoms with Crippen LogP contribution in [0.4, 0.5) is 0 Å². The Bertz CT molecular complexity index is 346. The Balaban J connectivity index is 4.95. The lowest BCUT2D eigenvalue weighted by Crippen LogP contribution is -2.31. The first-order chi connectivity index (χ1) is 8.31. The molecular weight excluding hydrogens is 230 g/mol. The minimum Gasteiger partial charge on any atom is -0.465 e. The van der Waals surface area contributed by atoms with Gasteiger partial charge in [0, 0.05) is 12.1 Å². The summed E-state index contributed by atoms with van der Waals surface area (Å²) in [5.74, 6) is -0.903. The third-order valence-electron chi connectivity index (χ3n) is 2.50. The van der Waals surface area contributed by atoms with Crippen LogP contribution < -0.4 is 0 Å². The summed E-state index contributed by atoms with van der Waals surface area (Å²) in [5, 5.41) is 0. The van der Waals surface area contributed by atoms with Crippen LogP contribution in [0.1, 0.15) is 34.6 Å². The third kappa shape index (κ3) is 5.17. The molecule has 0 radical (unpaired) electrons. The van der Waals surface area contributed by atoms with E-state index in [2.05, 4.69) is 37.3 Å². The molecule has 0 heterocycles. The number of allylic oxidation sites excluding steroid dienone is 2. The van der Waals surface area contributed by atoms with Gasteiger partial charge in [0.05, 0.1) is 7.11 Å². The van der Waals surface area contributed by atoms with Crippen LogP contribution in [0.15, 0.2) is 23.9 Å². The number of Topliss-reactive ketones (excluding diaryl/α,β-unsaturated/α-hetero) is 1. The lowest BCUT2D eigenvalue weighted by molar-refractivity contribution is -0.137. The molecule has 18 heavy (non-hydrogen) atoms. The van der Waals surface area contributed by atoms with E-state index in [9.17, 15) is 9.59 Å². The maximum atomic E-state index is 11.3. The zero-order valence-electron chi connectivity index (χ0n) is 12.1. The molecule has 102 valence electrons. The minimum atomic E-state index is -0.604. The summed E-state index contributed by atoms with van der Waals surface area (Å²) in [5.41, 5.74) is 0.0567. The highest BCUT2D eigenvalue weighted by Crippen LogP contribution is 2.07. The smallest absolute Gasteiger partial charge is 0.341 e. The standard InChI is InChI=1S/C14H23NO3/c1-10(2)15(11(3)4)9-7-8-13(12(5)16)14(17)18-6/h7-11H,1-6H3. The number of hydrogen-bond acceptors (Lipinski definition) is 4. The average Bonchev–Trinajstić information content (AvgIpc) is 2.26. The highest BCUT2D eigenvalue weighted by atomic mass is 16.5. The first kappa shape index (κ1) is 16.4. The van der Waals surface area contributed by atoms with Crippen LogP contribution in [0.2, 0.25) is 0 Å². The predicted molar refractivity (Wildman–Crippen MR) is 72.0 cm³/mol. The first-order valence-electron chi connectivity index (χ1n) is 6.06. The molecule has 0 unspecified atom stereocenters. The van der Waals surface area contributed by atoms with Crippen molar-refractivity contribution in [3.05, 3.63) is 23.9 Å². The van der Waals surface area contributed by atoms with Crippen molar-refractivity contribution >= 4 is 11.8 Å². The Labute approximate surface area is 109 Å². The summed E-state index contributed by atoms with van der Waals surface area (Å²) in [6, 6.07) is 0.710. The number of esters is 1. The molecule has 0 saturated carbocycles. The van der Waals surface area contributed by atoms with Crippen molar-refractivity contribution in [2.75, 3.05) is 7.11 Å². The fraction of sp³-hybridized carbons (Fsp3) is 0.571. The van der Waals surface area contributed by atoms with Crippen LogP contribution in [0, 0.1) is 0 Å². The minimum absolute atomic E-state index is 0.0567. The van der Waals surface area contributed by atoms with Gasteiger partial charge in [-0.3, -0.25) is 4.79 Å². The Morgan fingerprint density at radius 2 is 1.61 bits per heavy atom. The van der Waals surface area contributed by atoms with Crippen molar-refractivity contribution in [1.29, 1.82) is 0 Å². The van der Waals surface area contributed by atoms with Crippen molar-refractivity contribution in [3.63, 3.8) is 0 Å². The van der Waals surface area contributed by atoms with Gasteiger partial charge < -0.3 is 9.64 Å². The molecule has 0 aliphatic rings. The summed E-state index contributed by atoms with van der Waals surface area (Å²) < 4.78 is 4.55. The summed E-state index contributed by atoms with van der Waals surface area (Å²) >= 11 is 0. The van der Waals surface area contributed by atoms with E-state index in [-0.39, 0.29) is 11.4 Å². The van der Waals surface area contributed by atoms with Gasteiger partial charge in [-0.25, -0.2) is 4.79 Å². The SMILES string of the molecule is COC(=O)C(=CC=CN(C(C)C)C(C)C)C(C)=O. The number of hydrogen-bond donors (Lipinski definition) is 0. The molecule has 0 saturated heterocycles. The van der Waals surface area contributed by atoms with Gasteiger partial charge >= 0.3 is 5.97 Å². The van der Waals surface area contributed by atoms with Gasteiger partial charge in [-0.05, 0) is 53.0 Å². The van der Waals surface area contributed by atoms with E-state index in [1.807, 2.05) is 6.20 Å². The molecule has 0 amide bonds. The van der Waals surface area contributed by atoms with Crippen LogP contribution in [-0.4, -0.2) is 35.8 Å². The second-order valence-corrected chi connectivity index (χ2v) is 4.60. The number of rotatable bonds is 6. The number of ether oxygens (including phenoxy) is 1. The molecule has 0 fully saturated rings. The van der Waals surface area contributed by atoms with E-state index in [1.165, 1.54) is 20.1 Å². The maximum Gasteiger partial charge on any atom is 0.341 e. The maximum absolute atomic E-state index is 11.3. The van der Waals surface area contributed by atoms with Crippen LogP contribution in [-0.2, 0) is 14.3 Å². The molecule has 0 aromatic carbocycles. The van der Waals surface area contributed by atoms with Crippen molar-refractivity contribution in [2.24, 2.45) is 0 Å². The zero-order chi connectivity index (χ0) is 14.3. The third-order valence-corrected chi connectivity index (χ3v) is 2.50. The van der Waals surface area contributed by atoms with Gasteiger partial charge in [-0.1, -0.05) is 0 Å². The topological polar surface area (TPSA) is 46.6 Å². The predicted octanol–water partition coefficient (Wildman–Crippen LogP) is 2.31. The number of nitrogens with zero attached hydrogens (tertiary/aromatic N) is 1. The second-order valence-electron chi connectivity index (χ2n) is 4.60. The van der Waals surface area contributed by atoms with Crippen molar-refractivity contribution < 1.29 is 14.3 Å². The van der Waals surface area contributed by atoms with Gasteiger partial charge in [-0.15, -0.1) is 0 Å². The summed E-state index contributed by atoms with van der Waals surface area (Å²) in [4.78, 5) is 24.7. The normalized spacial score (nSPS) is 12.3. The van der Waals surface area contributed by atoms with Crippen molar-refractivity contribution in [2.45, 2.75) is 46.7 Å². The fourth-order valence-electron chi connectivity index (χ4n) is 1.62. The molecule has 0 aromatic rings. The van der Waals surface area contributed by atoms with Crippen molar-refractivity contribution in [1.82, 2.24) is 4.90 Å². The Morgan fingerprint density at radius 3 is 1.94 bits per heavy atom. The summed E-state index contributed by atoms with van der Waals surface area (Å²) in [6.45, 7) is 9.68. The van der Waals surface area contributed by atoms with Crippen LogP contribution >= 0.6 is 0 Å². The largest absolute Gasteiger partial charge is 0.465 e. The Hall–Kier alpha value is -1.58. The highest BCUT2D eigenvalue weighted by molar-refractivity contribution is 6.16. The van der Waals surface area contributed by atoms with E-state index in [0.717, 1.165) is 0 Å². The molecular formula is C14H23NO3. The first-order valence-corrected chi connectivity index (χ1v) is 6.06. The van der Waals surface area contributed by atoms with Gasteiger partial charge in [0.1, 0.15) is 5.57 Å². The number of carbonyl (C=O) groups is 2. The van der Waals surface area contributed by atoms with Crippen LogP contribution in [0.3, 0.4) is 0 Å². The van der Waals surface area contributed by atoms with E-state index in [0.29, 0.717) is 12.1 Å². The molecule has 4 heteroatoms. The van der Waals surface area contributed by atoms with Gasteiger partial charge in [0.2, 0.25) is 0 Å². The van der Waals surface area contributed by atoms with E-state index >= 15 is 0 Å². The summed E-state index contributed by atoms with van der Waals surface area (Å²) in [6.07, 6.45) is 5.07. The molecule has 0 aromatic heterocycles. The quantitative estimate of drug-likeness (QED) is 0.239. The van der Waals surface area contributed by atoms with Crippen molar-refractivity contribution in [3.8, 4) is 0 Å². The van der Waals surface area contributed by atoms with Crippen LogP contribution in [0.5, 0.6) is 0 Å². The summed E-state index contributed by atoms with van der Waals surface area (Å²) in [7, 11) is 1.26. The van der Waals surface area contributed by atoms with Gasteiger partial charge in [-0.2, -0.15) is 0 Å². The number of ketones is 1. The zero-order valence-corrected chi connectivity index (χ0v) is 12.1. The molecule has 0 aliphatic heterocycles. The van der Waals surface area contributed by atoms with E-state index in [4.69, 9.17) is 0 Å². The average molecular weight is 253 g/mol. The number of carbonyl (C=O) groups excluding carboxylic acids is 2. The fourth-order valence-corrected chi connectivity index (χ4v) is 1.62. The lowest BCUT2D eigenvalue weighted by Gasteiger charge is -2.29. The number of methoxy groups -OCH3 is 1. The Morgan fingerprint density at radius 1 is 1.11 bits per heavy atom. The van der Waals surface area contributed by atoms with Crippen LogP contribution in [0.25, 0.3) is 0 Å². The van der Waals surface area contributed by atoms with Gasteiger partial charge in [0.15, 0.2) is 5.78 Å². The monoisotopic (exact) mass is 253 g/mol. The highest BCUT2D eigenvalue weighted by Gasteiger charge is 2.13. The van der Waals surface area contributed by atoms with E-state index < -0.39 is 5.97 Å². The van der Waals surface area contributed by atoms with E-state index in [1.54, 1.807) is 6.08 Å². The Kier molecular flexibility index (Phi) is 7.01. The van der Waals surface area contributed by atoms with Gasteiger partial charge in [0.25, 0.3) is 0 Å². The molecule has 4 nitrogen and oxygen atoms in total. The molecule has 0 spiro atoms. The molecule has 0 aliphatic carbocycles. The molecule has 0 rings (SSSR count). The second kappa shape index (κ2) is 7.69. The molecule has 0 atom stereocenters. The lowest BCUT2D eigenvalue weighted by atomic mass is 10.1. The molecule has 0 bridgehead atoms. The molecule has 0 N–H and O–H groups in total.